The third-order valence-corrected chi connectivity index (χ3v) is 6.78. The number of thioether (sulfide) groups is 1. The highest BCUT2D eigenvalue weighted by molar-refractivity contribution is 7.98. The van der Waals surface area contributed by atoms with Gasteiger partial charge in [0.15, 0.2) is 5.16 Å². The van der Waals surface area contributed by atoms with E-state index in [1.54, 1.807) is 18.3 Å². The molecule has 3 atom stereocenters. The summed E-state index contributed by atoms with van der Waals surface area (Å²) in [5.74, 6) is 0.658. The summed E-state index contributed by atoms with van der Waals surface area (Å²) in [5.41, 5.74) is 1.43. The average molecular weight is 403 g/mol. The molecule has 1 saturated carbocycles. The Morgan fingerprint density at radius 3 is 2.67 bits per heavy atom. The molecule has 0 bridgehead atoms. The molecule has 1 unspecified atom stereocenters. The van der Waals surface area contributed by atoms with E-state index >= 15 is 0 Å². The van der Waals surface area contributed by atoms with Crippen molar-refractivity contribution in [3.05, 3.63) is 30.0 Å². The molecule has 0 amide bonds. The van der Waals surface area contributed by atoms with Crippen LogP contribution in [0.2, 0.25) is 0 Å². The number of aryl methyl sites for hydroxylation is 1. The Bertz CT molecular complexity index is 956. The molecule has 4 rings (SSSR count). The predicted octanol–water partition coefficient (Wildman–Crippen LogP) is 3.47. The van der Waals surface area contributed by atoms with Gasteiger partial charge in [0, 0.05) is 0 Å². The predicted molar refractivity (Wildman–Crippen MR) is 110 cm³/mol. The van der Waals surface area contributed by atoms with Crippen LogP contribution in [0.15, 0.2) is 29.4 Å². The van der Waals surface area contributed by atoms with Gasteiger partial charge in [-0.3, -0.25) is 0 Å². The lowest BCUT2D eigenvalue weighted by Gasteiger charge is -2.30. The molecule has 0 saturated heterocycles. The van der Waals surface area contributed by atoms with Gasteiger partial charge in [0.05, 0.1) is 33.6 Å². The summed E-state index contributed by atoms with van der Waals surface area (Å²) in [5, 5.41) is 25.7. The van der Waals surface area contributed by atoms with Gasteiger partial charge in [0.1, 0.15) is 16.4 Å². The number of aromatic nitrogens is 3. The van der Waals surface area contributed by atoms with Gasteiger partial charge in [-0.2, -0.15) is 0 Å². The number of benzene rings is 1. The number of aliphatic hydroxyl groups is 2. The molecule has 0 aliphatic heterocycles. The third kappa shape index (κ3) is 3.31. The number of aliphatic hydroxyl groups excluding tert-OH is 1. The fourth-order valence-corrected chi connectivity index (χ4v) is 4.98. The normalized spacial score (nSPS) is 25.2. The summed E-state index contributed by atoms with van der Waals surface area (Å²) in [4.78, 5) is 14.0. The summed E-state index contributed by atoms with van der Waals surface area (Å²) >= 11 is 3.07. The highest BCUT2D eigenvalue weighted by Gasteiger charge is 2.45. The van der Waals surface area contributed by atoms with Crippen molar-refractivity contribution in [1.29, 1.82) is 0 Å². The molecule has 6 nitrogen and oxygen atoms in total. The molecule has 27 heavy (non-hydrogen) atoms. The van der Waals surface area contributed by atoms with Crippen LogP contribution in [0.1, 0.15) is 25.5 Å². The average Bonchev–Trinajstić information content (AvgIpc) is 3.17. The minimum absolute atomic E-state index is 0.287. The summed E-state index contributed by atoms with van der Waals surface area (Å²) in [6.45, 7) is 3.62. The summed E-state index contributed by atoms with van der Waals surface area (Å²) in [6.07, 6.45) is 2.42. The Morgan fingerprint density at radius 1 is 1.22 bits per heavy atom. The quantitative estimate of drug-likeness (QED) is 0.455. The van der Waals surface area contributed by atoms with Crippen molar-refractivity contribution < 1.29 is 10.2 Å². The Hall–Kier alpha value is -1.74. The van der Waals surface area contributed by atoms with Crippen molar-refractivity contribution in [3.63, 3.8) is 0 Å². The van der Waals surface area contributed by atoms with Gasteiger partial charge in [-0.05, 0) is 45.1 Å². The van der Waals surface area contributed by atoms with E-state index < -0.39 is 11.7 Å². The molecule has 142 valence electrons. The first-order valence-electron chi connectivity index (χ1n) is 8.85. The van der Waals surface area contributed by atoms with Crippen molar-refractivity contribution in [2.24, 2.45) is 0 Å². The number of para-hydroxylation sites is 1. The molecule has 0 radical (unpaired) electrons. The van der Waals surface area contributed by atoms with E-state index in [1.165, 1.54) is 11.8 Å². The number of rotatable bonds is 4. The first-order valence-corrected chi connectivity index (χ1v) is 10.9. The molecular formula is C19H22N4O2S2. The zero-order valence-electron chi connectivity index (χ0n) is 15.4. The SMILES string of the molecule is CSc1nc(C)c(-c2nc3ccccc3s2)c(NC2CC[C@@H](O)[C@@]2(C)O)n1. The number of hydrogen-bond acceptors (Lipinski definition) is 8. The Morgan fingerprint density at radius 2 is 2.00 bits per heavy atom. The van der Waals surface area contributed by atoms with Gasteiger partial charge >= 0.3 is 0 Å². The van der Waals surface area contributed by atoms with Gasteiger partial charge in [0.2, 0.25) is 0 Å². The molecule has 1 aromatic carbocycles. The van der Waals surface area contributed by atoms with Crippen LogP contribution in [0.25, 0.3) is 20.8 Å². The molecule has 3 N–H and O–H groups in total. The van der Waals surface area contributed by atoms with Crippen LogP contribution in [0.3, 0.4) is 0 Å². The standard InChI is InChI=1S/C19H22N4O2S2/c1-10-15(17-21-11-6-4-5-7-12(11)27-17)16(23-18(20-10)26-3)22-13-8-9-14(24)19(13,2)25/h4-7,13-14,24-25H,8-9H2,1-3H3,(H,20,22,23)/t13?,14-,19+/m1/s1. The van der Waals surface area contributed by atoms with E-state index in [4.69, 9.17) is 4.98 Å². The van der Waals surface area contributed by atoms with Crippen LogP contribution in [0, 0.1) is 6.92 Å². The fourth-order valence-electron chi connectivity index (χ4n) is 3.50. The number of thiazole rings is 1. The van der Waals surface area contributed by atoms with Crippen molar-refractivity contribution in [2.45, 2.75) is 49.6 Å². The lowest BCUT2D eigenvalue weighted by Crippen LogP contribution is -2.47. The van der Waals surface area contributed by atoms with E-state index in [-0.39, 0.29) is 6.04 Å². The van der Waals surface area contributed by atoms with Crippen LogP contribution in [0.4, 0.5) is 5.82 Å². The maximum atomic E-state index is 10.7. The first-order chi connectivity index (χ1) is 12.9. The molecule has 1 aliphatic carbocycles. The van der Waals surface area contributed by atoms with Gasteiger partial charge < -0.3 is 15.5 Å². The molecule has 8 heteroatoms. The monoisotopic (exact) mass is 402 g/mol. The van der Waals surface area contributed by atoms with E-state index in [0.717, 1.165) is 26.5 Å². The van der Waals surface area contributed by atoms with Gasteiger partial charge in [-0.15, -0.1) is 11.3 Å². The van der Waals surface area contributed by atoms with Crippen molar-refractivity contribution in [3.8, 4) is 10.6 Å². The second kappa shape index (κ2) is 7.01. The van der Waals surface area contributed by atoms with E-state index in [9.17, 15) is 10.2 Å². The van der Waals surface area contributed by atoms with Crippen LogP contribution in [0.5, 0.6) is 0 Å². The van der Waals surface area contributed by atoms with Crippen LogP contribution in [-0.2, 0) is 0 Å². The van der Waals surface area contributed by atoms with Crippen LogP contribution >= 0.6 is 23.1 Å². The summed E-state index contributed by atoms with van der Waals surface area (Å²) in [7, 11) is 0. The minimum atomic E-state index is -1.21. The number of hydrogen-bond donors (Lipinski definition) is 3. The molecule has 1 aliphatic rings. The Labute approximate surface area is 166 Å². The highest BCUT2D eigenvalue weighted by atomic mass is 32.2. The molecule has 2 aromatic heterocycles. The topological polar surface area (TPSA) is 91.2 Å². The number of nitrogens with one attached hydrogen (secondary N) is 1. The van der Waals surface area contributed by atoms with Crippen LogP contribution < -0.4 is 5.32 Å². The van der Waals surface area contributed by atoms with E-state index in [1.807, 2.05) is 37.4 Å². The van der Waals surface area contributed by atoms with Crippen molar-refractivity contribution in [2.75, 3.05) is 11.6 Å². The second-order valence-corrected chi connectivity index (χ2v) is 8.83. The second-order valence-electron chi connectivity index (χ2n) is 7.02. The molecule has 2 heterocycles. The molecule has 0 spiro atoms. The number of fused-ring (bicyclic) bond motifs is 1. The third-order valence-electron chi connectivity index (χ3n) is 5.18. The van der Waals surface area contributed by atoms with Gasteiger partial charge in [0.25, 0.3) is 0 Å². The lowest BCUT2D eigenvalue weighted by atomic mass is 9.98. The Kier molecular flexibility index (Phi) is 4.84. The van der Waals surface area contributed by atoms with Crippen molar-refractivity contribution >= 4 is 39.1 Å². The van der Waals surface area contributed by atoms with Crippen LogP contribution in [-0.4, -0.2) is 49.2 Å². The molecule has 3 aromatic rings. The zero-order chi connectivity index (χ0) is 19.2. The van der Waals surface area contributed by atoms with Crippen molar-refractivity contribution in [1.82, 2.24) is 15.0 Å². The Balaban J connectivity index is 1.81. The zero-order valence-corrected chi connectivity index (χ0v) is 17.1. The maximum Gasteiger partial charge on any atom is 0.189 e. The smallest absolute Gasteiger partial charge is 0.189 e. The molecule has 1 fully saturated rings. The van der Waals surface area contributed by atoms with Gasteiger partial charge in [-0.25, -0.2) is 15.0 Å². The van der Waals surface area contributed by atoms with E-state index in [0.29, 0.717) is 23.8 Å². The summed E-state index contributed by atoms with van der Waals surface area (Å²) in [6, 6.07) is 7.73. The summed E-state index contributed by atoms with van der Waals surface area (Å²) < 4.78 is 1.11. The van der Waals surface area contributed by atoms with Gasteiger partial charge in [-0.1, -0.05) is 23.9 Å². The number of nitrogens with zero attached hydrogens (tertiary/aromatic N) is 3. The highest BCUT2D eigenvalue weighted by Crippen LogP contribution is 2.39. The lowest BCUT2D eigenvalue weighted by molar-refractivity contribution is -0.0439. The molecular weight excluding hydrogens is 380 g/mol. The van der Waals surface area contributed by atoms with E-state index in [2.05, 4.69) is 15.3 Å². The number of anilines is 1. The minimum Gasteiger partial charge on any atom is -0.390 e. The largest absolute Gasteiger partial charge is 0.390 e. The fraction of sp³-hybridized carbons (Fsp3) is 0.421. The maximum absolute atomic E-state index is 10.7. The first kappa shape index (κ1) is 18.6.